The zero-order valence-corrected chi connectivity index (χ0v) is 15.8. The van der Waals surface area contributed by atoms with E-state index in [4.69, 9.17) is 8.85 Å². The van der Waals surface area contributed by atoms with Gasteiger partial charge in [0.2, 0.25) is 16.6 Å². The van der Waals surface area contributed by atoms with Crippen LogP contribution in [-0.4, -0.2) is 41.2 Å². The Morgan fingerprint density at radius 1 is 0.947 bits per heavy atom. The molecule has 1 rings (SSSR count). The topological polar surface area (TPSA) is 21.7 Å². The molecule has 0 amide bonds. The Balaban J connectivity index is 2.86. The van der Waals surface area contributed by atoms with Gasteiger partial charge in [-0.05, 0) is 52.2 Å². The fourth-order valence-electron chi connectivity index (χ4n) is 2.21. The highest BCUT2D eigenvalue weighted by Gasteiger charge is 2.28. The van der Waals surface area contributed by atoms with E-state index < -0.39 is 16.6 Å². The molecule has 1 aliphatic heterocycles. The molecule has 0 bridgehead atoms. The second-order valence-electron chi connectivity index (χ2n) is 7.30. The molecule has 112 valence electrons. The van der Waals surface area contributed by atoms with Crippen molar-refractivity contribution >= 4 is 16.6 Å². The van der Waals surface area contributed by atoms with Gasteiger partial charge in [-0.25, -0.2) is 0 Å². The highest BCUT2D eigenvalue weighted by Crippen LogP contribution is 2.26. The monoisotopic (exact) mass is 301 g/mol. The van der Waals surface area contributed by atoms with Crippen LogP contribution in [0.1, 0.15) is 19.8 Å². The summed E-state index contributed by atoms with van der Waals surface area (Å²) in [5.41, 5.74) is 0. The largest absolute Gasteiger partial charge is 0.545 e. The third-order valence-corrected chi connectivity index (χ3v) is 4.45. The van der Waals surface area contributed by atoms with E-state index in [1.54, 1.807) is 0 Å². The number of rotatable bonds is 6. The number of hydrogen-bond donors (Lipinski definition) is 0. The lowest BCUT2D eigenvalue weighted by atomic mass is 10.2. The van der Waals surface area contributed by atoms with Crippen molar-refractivity contribution in [2.24, 2.45) is 0 Å². The first-order valence-electron chi connectivity index (χ1n) is 7.43. The van der Waals surface area contributed by atoms with Gasteiger partial charge < -0.3 is 8.85 Å². The molecule has 5 heteroatoms. The van der Waals surface area contributed by atoms with Crippen molar-refractivity contribution in [3.63, 3.8) is 0 Å². The van der Waals surface area contributed by atoms with Crippen molar-refractivity contribution in [2.45, 2.75) is 59.0 Å². The third-order valence-electron chi connectivity index (χ3n) is 2.73. The highest BCUT2D eigenvalue weighted by atomic mass is 28.4. The molecule has 0 radical (unpaired) electrons. The first-order chi connectivity index (χ1) is 8.61. The van der Waals surface area contributed by atoms with Gasteiger partial charge in [0, 0.05) is 13.0 Å². The van der Waals surface area contributed by atoms with E-state index in [2.05, 4.69) is 51.1 Å². The van der Waals surface area contributed by atoms with Crippen molar-refractivity contribution in [1.29, 1.82) is 0 Å². The standard InChI is InChI=1S/C14H31NO2Si2/c1-8-10-15-11-9-13(16-18(2,3)4)14(12-15)17-19(5,6)7/h8-12H2,1-7H3. The van der Waals surface area contributed by atoms with Crippen LogP contribution in [0.25, 0.3) is 0 Å². The molecule has 19 heavy (non-hydrogen) atoms. The summed E-state index contributed by atoms with van der Waals surface area (Å²) in [5.74, 6) is 2.25. The number of hydrogen-bond acceptors (Lipinski definition) is 3. The SMILES string of the molecule is CCCN1CCC(O[Si](C)(C)C)=C(O[Si](C)(C)C)C1. The lowest BCUT2D eigenvalue weighted by molar-refractivity contribution is 0.198. The molecule has 0 spiro atoms. The molecular formula is C14H31NO2Si2. The van der Waals surface area contributed by atoms with E-state index >= 15 is 0 Å². The van der Waals surface area contributed by atoms with Crippen LogP contribution in [0.15, 0.2) is 11.5 Å². The molecule has 1 heterocycles. The van der Waals surface area contributed by atoms with Crippen LogP contribution in [-0.2, 0) is 8.85 Å². The molecule has 0 fully saturated rings. The second-order valence-corrected chi connectivity index (χ2v) is 16.2. The van der Waals surface area contributed by atoms with Gasteiger partial charge in [-0.1, -0.05) is 6.92 Å². The Bertz CT molecular complexity index is 329. The van der Waals surface area contributed by atoms with Crippen LogP contribution in [0.2, 0.25) is 39.3 Å². The Morgan fingerprint density at radius 2 is 1.47 bits per heavy atom. The maximum Gasteiger partial charge on any atom is 0.242 e. The maximum atomic E-state index is 6.29. The Kier molecular flexibility index (Phi) is 5.70. The molecule has 0 saturated heterocycles. The molecule has 0 N–H and O–H groups in total. The van der Waals surface area contributed by atoms with E-state index in [1.165, 1.54) is 6.42 Å². The van der Waals surface area contributed by atoms with Crippen molar-refractivity contribution in [3.05, 3.63) is 11.5 Å². The molecule has 1 aliphatic rings. The lowest BCUT2D eigenvalue weighted by Gasteiger charge is -2.35. The predicted molar refractivity (Wildman–Crippen MR) is 87.2 cm³/mol. The van der Waals surface area contributed by atoms with Crippen LogP contribution >= 0.6 is 0 Å². The first kappa shape index (κ1) is 16.8. The van der Waals surface area contributed by atoms with Crippen LogP contribution in [0, 0.1) is 0 Å². The lowest BCUT2D eigenvalue weighted by Crippen LogP contribution is -2.39. The van der Waals surface area contributed by atoms with Gasteiger partial charge in [-0.3, -0.25) is 4.90 Å². The van der Waals surface area contributed by atoms with Gasteiger partial charge in [0.15, 0.2) is 0 Å². The fraction of sp³-hybridized carbons (Fsp3) is 0.857. The van der Waals surface area contributed by atoms with Crippen molar-refractivity contribution in [3.8, 4) is 0 Å². The van der Waals surface area contributed by atoms with Crippen LogP contribution < -0.4 is 0 Å². The van der Waals surface area contributed by atoms with Gasteiger partial charge in [-0.2, -0.15) is 0 Å². The molecular weight excluding hydrogens is 270 g/mol. The highest BCUT2D eigenvalue weighted by molar-refractivity contribution is 6.70. The van der Waals surface area contributed by atoms with Gasteiger partial charge in [-0.15, -0.1) is 0 Å². The number of nitrogens with zero attached hydrogens (tertiary/aromatic N) is 1. The summed E-state index contributed by atoms with van der Waals surface area (Å²) < 4.78 is 12.5. The van der Waals surface area contributed by atoms with Crippen LogP contribution in [0.3, 0.4) is 0 Å². The van der Waals surface area contributed by atoms with Crippen LogP contribution in [0.5, 0.6) is 0 Å². The summed E-state index contributed by atoms with van der Waals surface area (Å²) in [7, 11) is -3.11. The summed E-state index contributed by atoms with van der Waals surface area (Å²) in [5, 5.41) is 0. The molecule has 0 aromatic carbocycles. The summed E-state index contributed by atoms with van der Waals surface area (Å²) >= 11 is 0. The summed E-state index contributed by atoms with van der Waals surface area (Å²) in [4.78, 5) is 2.48. The minimum absolute atomic E-state index is 0.928. The van der Waals surface area contributed by atoms with Gasteiger partial charge in [0.05, 0.1) is 6.54 Å². The van der Waals surface area contributed by atoms with E-state index in [9.17, 15) is 0 Å². The molecule has 0 aliphatic carbocycles. The average Bonchev–Trinajstić information content (AvgIpc) is 2.18. The first-order valence-corrected chi connectivity index (χ1v) is 14.2. The van der Waals surface area contributed by atoms with E-state index in [-0.39, 0.29) is 0 Å². The second kappa shape index (κ2) is 6.46. The van der Waals surface area contributed by atoms with E-state index in [0.717, 1.165) is 37.6 Å². The zero-order chi connectivity index (χ0) is 14.7. The predicted octanol–water partition coefficient (Wildman–Crippen LogP) is 4.02. The summed E-state index contributed by atoms with van der Waals surface area (Å²) in [6.07, 6.45) is 2.20. The van der Waals surface area contributed by atoms with E-state index in [1.807, 2.05) is 0 Å². The Hall–Kier alpha value is -0.266. The van der Waals surface area contributed by atoms with E-state index in [0.29, 0.717) is 0 Å². The van der Waals surface area contributed by atoms with Crippen molar-refractivity contribution < 1.29 is 8.85 Å². The van der Waals surface area contributed by atoms with Crippen molar-refractivity contribution in [2.75, 3.05) is 19.6 Å². The van der Waals surface area contributed by atoms with Crippen LogP contribution in [0.4, 0.5) is 0 Å². The smallest absolute Gasteiger partial charge is 0.242 e. The molecule has 0 atom stereocenters. The molecule has 0 aromatic heterocycles. The maximum absolute atomic E-state index is 6.29. The normalized spacial score (nSPS) is 18.7. The average molecular weight is 302 g/mol. The summed E-state index contributed by atoms with van der Waals surface area (Å²) in [6.45, 7) is 18.9. The zero-order valence-electron chi connectivity index (χ0n) is 13.8. The molecule has 0 unspecified atom stereocenters. The Labute approximate surface area is 121 Å². The van der Waals surface area contributed by atoms with Gasteiger partial charge in [0.25, 0.3) is 0 Å². The molecule has 0 aromatic rings. The van der Waals surface area contributed by atoms with Gasteiger partial charge in [0.1, 0.15) is 11.5 Å². The molecule has 3 nitrogen and oxygen atoms in total. The minimum atomic E-state index is -1.56. The quantitative estimate of drug-likeness (QED) is 0.692. The molecule has 0 saturated carbocycles. The fourth-order valence-corrected chi connectivity index (χ4v) is 4.09. The summed E-state index contributed by atoms with van der Waals surface area (Å²) in [6, 6.07) is 0. The van der Waals surface area contributed by atoms with Crippen molar-refractivity contribution in [1.82, 2.24) is 4.90 Å². The third kappa shape index (κ3) is 6.63. The van der Waals surface area contributed by atoms with Gasteiger partial charge >= 0.3 is 0 Å². The minimum Gasteiger partial charge on any atom is -0.545 e. The Morgan fingerprint density at radius 3 is 1.95 bits per heavy atom.